The van der Waals surface area contributed by atoms with Gasteiger partial charge in [-0.2, -0.15) is 0 Å². The van der Waals surface area contributed by atoms with E-state index in [-0.39, 0.29) is 17.8 Å². The molecule has 98 valence electrons. The molecule has 5 heteroatoms. The normalized spacial score (nSPS) is 21.3. The molecule has 1 aromatic carbocycles. The van der Waals surface area contributed by atoms with Crippen molar-refractivity contribution in [3.05, 3.63) is 22.7 Å². The third-order valence-electron chi connectivity index (χ3n) is 3.01. The van der Waals surface area contributed by atoms with Crippen LogP contribution in [0.15, 0.2) is 22.7 Å². The maximum Gasteiger partial charge on any atom is 0.309 e. The smallest absolute Gasteiger partial charge is 0.309 e. The van der Waals surface area contributed by atoms with Gasteiger partial charge in [-0.1, -0.05) is 15.9 Å². The highest BCUT2D eigenvalue weighted by molar-refractivity contribution is 9.10. The number of rotatable bonds is 5. The summed E-state index contributed by atoms with van der Waals surface area (Å²) < 4.78 is 16.5. The van der Waals surface area contributed by atoms with Crippen molar-refractivity contribution in [3.8, 4) is 11.5 Å². The Morgan fingerprint density at radius 3 is 2.83 bits per heavy atom. The van der Waals surface area contributed by atoms with Crippen LogP contribution in [0.3, 0.4) is 0 Å². The quantitative estimate of drug-likeness (QED) is 0.784. The molecule has 4 nitrogen and oxygen atoms in total. The molecule has 0 bridgehead atoms. The Bertz CT molecular complexity index is 447. The van der Waals surface area contributed by atoms with Crippen LogP contribution in [0, 0.1) is 11.8 Å². The van der Waals surface area contributed by atoms with Crippen molar-refractivity contribution in [2.75, 3.05) is 20.8 Å². The van der Waals surface area contributed by atoms with Gasteiger partial charge in [-0.05, 0) is 24.6 Å². The zero-order chi connectivity index (χ0) is 13.1. The van der Waals surface area contributed by atoms with Crippen molar-refractivity contribution in [3.63, 3.8) is 0 Å². The Balaban J connectivity index is 1.90. The molecule has 1 aliphatic rings. The molecule has 1 fully saturated rings. The van der Waals surface area contributed by atoms with Crippen molar-refractivity contribution >= 4 is 21.9 Å². The molecule has 0 amide bonds. The monoisotopic (exact) mass is 314 g/mol. The highest BCUT2D eigenvalue weighted by atomic mass is 79.9. The summed E-state index contributed by atoms with van der Waals surface area (Å²) in [6, 6.07) is 5.58. The van der Waals surface area contributed by atoms with Crippen molar-refractivity contribution in [2.24, 2.45) is 11.8 Å². The molecule has 1 saturated carbocycles. The van der Waals surface area contributed by atoms with Crippen LogP contribution >= 0.6 is 15.9 Å². The van der Waals surface area contributed by atoms with Crippen LogP contribution < -0.4 is 9.47 Å². The van der Waals surface area contributed by atoms with Crippen molar-refractivity contribution in [1.82, 2.24) is 0 Å². The van der Waals surface area contributed by atoms with E-state index in [0.717, 1.165) is 10.9 Å². The van der Waals surface area contributed by atoms with Crippen LogP contribution in [0.25, 0.3) is 0 Å². The van der Waals surface area contributed by atoms with E-state index in [1.807, 2.05) is 18.2 Å². The van der Waals surface area contributed by atoms with Gasteiger partial charge in [0.05, 0.1) is 26.7 Å². The maximum absolute atomic E-state index is 11.3. The van der Waals surface area contributed by atoms with Gasteiger partial charge < -0.3 is 14.2 Å². The van der Waals surface area contributed by atoms with Gasteiger partial charge in [0.25, 0.3) is 0 Å². The fraction of sp³-hybridized carbons (Fsp3) is 0.462. The lowest BCUT2D eigenvalue weighted by Gasteiger charge is -2.10. The first-order chi connectivity index (χ1) is 8.65. The molecule has 1 aromatic rings. The molecule has 0 heterocycles. The molecule has 1 aliphatic carbocycles. The summed E-state index contributed by atoms with van der Waals surface area (Å²) in [7, 11) is 3.01. The zero-order valence-corrected chi connectivity index (χ0v) is 11.9. The Morgan fingerprint density at radius 2 is 2.17 bits per heavy atom. The van der Waals surface area contributed by atoms with Crippen LogP contribution in [0.5, 0.6) is 11.5 Å². The van der Waals surface area contributed by atoms with Gasteiger partial charge in [0.1, 0.15) is 0 Å². The number of ether oxygens (including phenoxy) is 3. The second-order valence-electron chi connectivity index (χ2n) is 4.23. The van der Waals surface area contributed by atoms with Crippen molar-refractivity contribution in [2.45, 2.75) is 6.42 Å². The SMILES string of the molecule is COC(=O)C1CC1COc1ccc(Br)cc1OC. The van der Waals surface area contributed by atoms with Crippen LogP contribution in [0.4, 0.5) is 0 Å². The van der Waals surface area contributed by atoms with E-state index in [2.05, 4.69) is 15.9 Å². The first kappa shape index (κ1) is 13.2. The maximum atomic E-state index is 11.3. The van der Waals surface area contributed by atoms with E-state index in [1.54, 1.807) is 7.11 Å². The molecule has 0 aliphatic heterocycles. The highest BCUT2D eigenvalue weighted by Gasteiger charge is 2.44. The molecule has 0 spiro atoms. The van der Waals surface area contributed by atoms with Crippen LogP contribution in [0.1, 0.15) is 6.42 Å². The van der Waals surface area contributed by atoms with E-state index in [9.17, 15) is 4.79 Å². The minimum atomic E-state index is -0.147. The van der Waals surface area contributed by atoms with E-state index >= 15 is 0 Å². The van der Waals surface area contributed by atoms with Gasteiger partial charge in [-0.25, -0.2) is 0 Å². The lowest BCUT2D eigenvalue weighted by Crippen LogP contribution is -2.09. The first-order valence-corrected chi connectivity index (χ1v) is 6.49. The molecule has 0 aromatic heterocycles. The van der Waals surface area contributed by atoms with Crippen molar-refractivity contribution in [1.29, 1.82) is 0 Å². The van der Waals surface area contributed by atoms with Gasteiger partial charge in [0, 0.05) is 10.4 Å². The Morgan fingerprint density at radius 1 is 1.39 bits per heavy atom. The molecule has 0 N–H and O–H groups in total. The van der Waals surface area contributed by atoms with Crippen LogP contribution in [0.2, 0.25) is 0 Å². The van der Waals surface area contributed by atoms with E-state index in [1.165, 1.54) is 7.11 Å². The van der Waals surface area contributed by atoms with E-state index < -0.39 is 0 Å². The standard InChI is InChI=1S/C13H15BrO4/c1-16-12-6-9(14)3-4-11(12)18-7-8-5-10(8)13(15)17-2/h3-4,6,8,10H,5,7H2,1-2H3. The van der Waals surface area contributed by atoms with Crippen LogP contribution in [-0.4, -0.2) is 26.8 Å². The average Bonchev–Trinajstić information content (AvgIpc) is 3.15. The molecule has 2 atom stereocenters. The summed E-state index contributed by atoms with van der Waals surface area (Å²) in [5.74, 6) is 1.48. The van der Waals surface area contributed by atoms with E-state index in [4.69, 9.17) is 14.2 Å². The number of benzene rings is 1. The average molecular weight is 315 g/mol. The second-order valence-corrected chi connectivity index (χ2v) is 5.15. The highest BCUT2D eigenvalue weighted by Crippen LogP contribution is 2.40. The summed E-state index contributed by atoms with van der Waals surface area (Å²) in [4.78, 5) is 11.3. The van der Waals surface area contributed by atoms with Crippen LogP contribution in [-0.2, 0) is 9.53 Å². The zero-order valence-electron chi connectivity index (χ0n) is 10.3. The third-order valence-corrected chi connectivity index (χ3v) is 3.50. The summed E-state index contributed by atoms with van der Waals surface area (Å²) >= 11 is 3.37. The predicted molar refractivity (Wildman–Crippen MR) is 69.8 cm³/mol. The van der Waals surface area contributed by atoms with Gasteiger partial charge in [-0.3, -0.25) is 4.79 Å². The number of methoxy groups -OCH3 is 2. The number of carbonyl (C=O) groups is 1. The molecule has 0 radical (unpaired) electrons. The number of carbonyl (C=O) groups excluding carboxylic acids is 1. The fourth-order valence-corrected chi connectivity index (χ4v) is 2.17. The van der Waals surface area contributed by atoms with Gasteiger partial charge >= 0.3 is 5.97 Å². The van der Waals surface area contributed by atoms with Gasteiger partial charge in [0.2, 0.25) is 0 Å². The van der Waals surface area contributed by atoms with Crippen molar-refractivity contribution < 1.29 is 19.0 Å². The molecular formula is C13H15BrO4. The Labute approximate surface area is 114 Å². The summed E-state index contributed by atoms with van der Waals surface area (Å²) in [6.07, 6.45) is 0.839. The van der Waals surface area contributed by atoms with Gasteiger partial charge in [0.15, 0.2) is 11.5 Å². The number of esters is 1. The second kappa shape index (κ2) is 5.61. The van der Waals surface area contributed by atoms with E-state index in [0.29, 0.717) is 18.1 Å². The minimum absolute atomic E-state index is 0.00329. The Kier molecular flexibility index (Phi) is 4.11. The molecule has 0 saturated heterocycles. The summed E-state index contributed by atoms with van der Waals surface area (Å²) in [6.45, 7) is 0.512. The van der Waals surface area contributed by atoms with Gasteiger partial charge in [-0.15, -0.1) is 0 Å². The topological polar surface area (TPSA) is 44.8 Å². The third kappa shape index (κ3) is 2.96. The summed E-state index contributed by atoms with van der Waals surface area (Å²) in [5, 5.41) is 0. The lowest BCUT2D eigenvalue weighted by atomic mass is 10.3. The molecule has 2 unspecified atom stereocenters. The predicted octanol–water partition coefficient (Wildman–Crippen LogP) is 2.65. The molecular weight excluding hydrogens is 300 g/mol. The lowest BCUT2D eigenvalue weighted by molar-refractivity contribution is -0.142. The minimum Gasteiger partial charge on any atom is -0.493 e. The number of hydrogen-bond donors (Lipinski definition) is 0. The first-order valence-electron chi connectivity index (χ1n) is 5.70. The largest absolute Gasteiger partial charge is 0.493 e. The fourth-order valence-electron chi connectivity index (χ4n) is 1.83. The number of hydrogen-bond acceptors (Lipinski definition) is 4. The molecule has 2 rings (SSSR count). The Hall–Kier alpha value is -1.23. The summed E-state index contributed by atoms with van der Waals surface area (Å²) in [5.41, 5.74) is 0. The number of halogens is 1. The molecule has 18 heavy (non-hydrogen) atoms.